The summed E-state index contributed by atoms with van der Waals surface area (Å²) in [6, 6.07) is 7.76. The van der Waals surface area contributed by atoms with E-state index in [0.717, 1.165) is 11.3 Å². The first-order valence-corrected chi connectivity index (χ1v) is 5.97. The molecule has 0 heterocycles. The standard InChI is InChI=1S/C16H20O2/c1-16(2,3)15(17)11-6-5-8-13-9-7-10-14(12-13)18-4/h5-12H,1-4H3/b8-5+,11-6+. The first-order valence-electron chi connectivity index (χ1n) is 5.97. The maximum absolute atomic E-state index is 11.6. The van der Waals surface area contributed by atoms with Crippen LogP contribution in [0, 0.1) is 5.41 Å². The Balaban J connectivity index is 2.65. The predicted molar refractivity (Wildman–Crippen MR) is 75.6 cm³/mol. The van der Waals surface area contributed by atoms with Gasteiger partial charge in [-0.2, -0.15) is 0 Å². The monoisotopic (exact) mass is 244 g/mol. The van der Waals surface area contributed by atoms with Gasteiger partial charge in [-0.1, -0.05) is 51.1 Å². The zero-order valence-corrected chi connectivity index (χ0v) is 11.4. The van der Waals surface area contributed by atoms with E-state index in [1.165, 1.54) is 0 Å². The molecule has 0 unspecified atom stereocenters. The molecule has 0 aliphatic heterocycles. The Hall–Kier alpha value is -1.83. The summed E-state index contributed by atoms with van der Waals surface area (Å²) < 4.78 is 5.14. The van der Waals surface area contributed by atoms with Crippen molar-refractivity contribution >= 4 is 11.9 Å². The molecule has 0 fully saturated rings. The van der Waals surface area contributed by atoms with Crippen molar-refractivity contribution < 1.29 is 9.53 Å². The van der Waals surface area contributed by atoms with Crippen molar-refractivity contribution in [2.24, 2.45) is 5.41 Å². The first kappa shape index (κ1) is 14.2. The topological polar surface area (TPSA) is 26.3 Å². The number of ketones is 1. The van der Waals surface area contributed by atoms with Crippen LogP contribution in [0.15, 0.2) is 42.5 Å². The van der Waals surface area contributed by atoms with E-state index in [9.17, 15) is 4.79 Å². The summed E-state index contributed by atoms with van der Waals surface area (Å²) in [6.45, 7) is 5.72. The maximum Gasteiger partial charge on any atom is 0.160 e. The second-order valence-corrected chi connectivity index (χ2v) is 5.11. The van der Waals surface area contributed by atoms with Crippen LogP contribution in [-0.4, -0.2) is 12.9 Å². The van der Waals surface area contributed by atoms with Crippen LogP contribution in [0.1, 0.15) is 26.3 Å². The lowest BCUT2D eigenvalue weighted by molar-refractivity contribution is -0.121. The third-order valence-electron chi connectivity index (χ3n) is 2.48. The minimum Gasteiger partial charge on any atom is -0.497 e. The number of methoxy groups -OCH3 is 1. The van der Waals surface area contributed by atoms with Crippen LogP contribution in [0.25, 0.3) is 6.08 Å². The summed E-state index contributed by atoms with van der Waals surface area (Å²) in [6.07, 6.45) is 7.18. The van der Waals surface area contributed by atoms with Crippen molar-refractivity contribution in [3.8, 4) is 5.75 Å². The quantitative estimate of drug-likeness (QED) is 0.593. The Labute approximate surface area is 109 Å². The number of allylic oxidation sites excluding steroid dienone is 3. The second kappa shape index (κ2) is 6.20. The molecule has 1 aromatic rings. The fraction of sp³-hybridized carbons (Fsp3) is 0.312. The predicted octanol–water partition coefficient (Wildman–Crippen LogP) is 3.88. The van der Waals surface area contributed by atoms with Crippen molar-refractivity contribution in [3.63, 3.8) is 0 Å². The number of benzene rings is 1. The molecule has 0 aliphatic rings. The van der Waals surface area contributed by atoms with E-state index in [1.807, 2.05) is 57.2 Å². The Bertz CT molecular complexity index is 462. The van der Waals surface area contributed by atoms with Crippen molar-refractivity contribution in [3.05, 3.63) is 48.1 Å². The molecule has 0 aromatic heterocycles. The van der Waals surface area contributed by atoms with Crippen LogP contribution in [0.2, 0.25) is 0 Å². The van der Waals surface area contributed by atoms with Crippen LogP contribution < -0.4 is 4.74 Å². The van der Waals surface area contributed by atoms with Crippen LogP contribution in [0.3, 0.4) is 0 Å². The molecule has 0 bridgehead atoms. The molecule has 0 radical (unpaired) electrons. The summed E-state index contributed by atoms with van der Waals surface area (Å²) in [5, 5.41) is 0. The Morgan fingerprint density at radius 3 is 2.56 bits per heavy atom. The van der Waals surface area contributed by atoms with Crippen molar-refractivity contribution in [2.45, 2.75) is 20.8 Å². The van der Waals surface area contributed by atoms with E-state index in [2.05, 4.69) is 0 Å². The molecule has 0 N–H and O–H groups in total. The van der Waals surface area contributed by atoms with E-state index in [4.69, 9.17) is 4.74 Å². The minimum absolute atomic E-state index is 0.123. The summed E-state index contributed by atoms with van der Waals surface area (Å²) >= 11 is 0. The summed E-state index contributed by atoms with van der Waals surface area (Å²) in [7, 11) is 1.64. The molecule has 0 saturated carbocycles. The molecular formula is C16H20O2. The van der Waals surface area contributed by atoms with Crippen LogP contribution in [0.5, 0.6) is 5.75 Å². The number of hydrogen-bond donors (Lipinski definition) is 0. The molecule has 1 aromatic carbocycles. The molecule has 0 spiro atoms. The molecule has 1 rings (SSSR count). The Kier molecular flexibility index (Phi) is 4.90. The lowest BCUT2D eigenvalue weighted by atomic mass is 9.91. The van der Waals surface area contributed by atoms with Crippen molar-refractivity contribution in [1.29, 1.82) is 0 Å². The zero-order chi connectivity index (χ0) is 13.6. The highest BCUT2D eigenvalue weighted by atomic mass is 16.5. The van der Waals surface area contributed by atoms with E-state index >= 15 is 0 Å². The number of ether oxygens (including phenoxy) is 1. The maximum atomic E-state index is 11.6. The average molecular weight is 244 g/mol. The highest BCUT2D eigenvalue weighted by Gasteiger charge is 2.17. The van der Waals surface area contributed by atoms with Crippen molar-refractivity contribution in [1.82, 2.24) is 0 Å². The van der Waals surface area contributed by atoms with Gasteiger partial charge in [0.2, 0.25) is 0 Å². The highest BCUT2D eigenvalue weighted by Crippen LogP contribution is 2.15. The molecular weight excluding hydrogens is 224 g/mol. The van der Waals surface area contributed by atoms with Gasteiger partial charge in [-0.25, -0.2) is 0 Å². The normalized spacial score (nSPS) is 12.2. The van der Waals surface area contributed by atoms with Gasteiger partial charge < -0.3 is 4.74 Å². The minimum atomic E-state index is -0.319. The van der Waals surface area contributed by atoms with E-state index in [0.29, 0.717) is 0 Å². The molecule has 0 saturated heterocycles. The smallest absolute Gasteiger partial charge is 0.160 e. The molecule has 0 amide bonds. The zero-order valence-electron chi connectivity index (χ0n) is 11.4. The average Bonchev–Trinajstić information content (AvgIpc) is 2.33. The van der Waals surface area contributed by atoms with Gasteiger partial charge in [0, 0.05) is 5.41 Å². The van der Waals surface area contributed by atoms with Crippen LogP contribution in [-0.2, 0) is 4.79 Å². The fourth-order valence-electron chi connectivity index (χ4n) is 1.30. The SMILES string of the molecule is COc1cccc(/C=C/C=C/C(=O)C(C)(C)C)c1. The van der Waals surface area contributed by atoms with Crippen molar-refractivity contribution in [2.75, 3.05) is 7.11 Å². The van der Waals surface area contributed by atoms with Gasteiger partial charge in [-0.3, -0.25) is 4.79 Å². The fourth-order valence-corrected chi connectivity index (χ4v) is 1.30. The molecule has 18 heavy (non-hydrogen) atoms. The van der Waals surface area contributed by atoms with E-state index in [-0.39, 0.29) is 11.2 Å². The Morgan fingerprint density at radius 1 is 1.22 bits per heavy atom. The lowest BCUT2D eigenvalue weighted by Gasteiger charge is -2.12. The van der Waals surface area contributed by atoms with Gasteiger partial charge >= 0.3 is 0 Å². The van der Waals surface area contributed by atoms with Crippen LogP contribution >= 0.6 is 0 Å². The highest BCUT2D eigenvalue weighted by molar-refractivity contribution is 5.94. The van der Waals surface area contributed by atoms with Gasteiger partial charge in [-0.05, 0) is 23.8 Å². The number of carbonyl (C=O) groups is 1. The van der Waals surface area contributed by atoms with Gasteiger partial charge in [0.25, 0.3) is 0 Å². The van der Waals surface area contributed by atoms with E-state index < -0.39 is 0 Å². The summed E-state index contributed by atoms with van der Waals surface area (Å²) in [5.41, 5.74) is 0.725. The van der Waals surface area contributed by atoms with Gasteiger partial charge in [-0.15, -0.1) is 0 Å². The molecule has 0 atom stereocenters. The van der Waals surface area contributed by atoms with E-state index in [1.54, 1.807) is 19.3 Å². The van der Waals surface area contributed by atoms with Gasteiger partial charge in [0.1, 0.15) is 5.75 Å². The molecule has 0 aliphatic carbocycles. The second-order valence-electron chi connectivity index (χ2n) is 5.11. The number of rotatable bonds is 4. The third-order valence-corrected chi connectivity index (χ3v) is 2.48. The molecule has 2 nitrogen and oxygen atoms in total. The number of carbonyl (C=O) groups excluding carboxylic acids is 1. The molecule has 96 valence electrons. The summed E-state index contributed by atoms with van der Waals surface area (Å²) in [4.78, 5) is 11.6. The van der Waals surface area contributed by atoms with Gasteiger partial charge in [0.15, 0.2) is 5.78 Å². The first-order chi connectivity index (χ1) is 8.43. The number of hydrogen-bond acceptors (Lipinski definition) is 2. The Morgan fingerprint density at radius 2 is 1.94 bits per heavy atom. The largest absolute Gasteiger partial charge is 0.497 e. The van der Waals surface area contributed by atoms with Gasteiger partial charge in [0.05, 0.1) is 7.11 Å². The summed E-state index contributed by atoms with van der Waals surface area (Å²) in [5.74, 6) is 0.949. The lowest BCUT2D eigenvalue weighted by Crippen LogP contribution is -2.17. The van der Waals surface area contributed by atoms with Crippen LogP contribution in [0.4, 0.5) is 0 Å². The third kappa shape index (κ3) is 4.58. The molecule has 2 heteroatoms.